The number of fused-ring (bicyclic) bond motifs is 1. The summed E-state index contributed by atoms with van der Waals surface area (Å²) in [6.07, 6.45) is 3.44. The normalized spacial score (nSPS) is 10.8. The minimum Gasteiger partial charge on any atom is -0.489 e. The summed E-state index contributed by atoms with van der Waals surface area (Å²) in [5.74, 6) is -0.0501. The number of furan rings is 1. The summed E-state index contributed by atoms with van der Waals surface area (Å²) in [7, 11) is 0. The Hall–Kier alpha value is -4.17. The first-order chi connectivity index (χ1) is 17.0. The molecule has 0 spiro atoms. The van der Waals surface area contributed by atoms with E-state index in [0.29, 0.717) is 30.2 Å². The summed E-state index contributed by atoms with van der Waals surface area (Å²) >= 11 is 0. The third kappa shape index (κ3) is 5.85. The maximum Gasteiger partial charge on any atom is 0.310 e. The lowest BCUT2D eigenvalue weighted by Crippen LogP contribution is -2.10. The summed E-state index contributed by atoms with van der Waals surface area (Å²) in [5.41, 5.74) is 11.3. The summed E-state index contributed by atoms with van der Waals surface area (Å²) in [4.78, 5) is 27.9. The minimum absolute atomic E-state index is 0.0639. The number of pyridine rings is 1. The number of hydrogen-bond donors (Lipinski definition) is 2. The van der Waals surface area contributed by atoms with E-state index in [1.54, 1.807) is 37.6 Å². The van der Waals surface area contributed by atoms with E-state index >= 15 is 0 Å². The van der Waals surface area contributed by atoms with Crippen LogP contribution in [0.1, 0.15) is 30.7 Å². The Kier molecular flexibility index (Phi) is 7.42. The first-order valence-electron chi connectivity index (χ1n) is 11.3. The molecule has 0 aliphatic carbocycles. The number of carbonyl (C=O) groups is 2. The van der Waals surface area contributed by atoms with Crippen LogP contribution in [0.4, 0.5) is 5.69 Å². The fraction of sp³-hybridized carbons (Fsp3) is 0.222. The van der Waals surface area contributed by atoms with E-state index in [9.17, 15) is 9.59 Å². The van der Waals surface area contributed by atoms with Gasteiger partial charge in [-0.1, -0.05) is 6.07 Å². The zero-order chi connectivity index (χ0) is 24.8. The molecule has 180 valence electrons. The van der Waals surface area contributed by atoms with E-state index < -0.39 is 0 Å². The van der Waals surface area contributed by atoms with Crippen molar-refractivity contribution in [1.82, 2.24) is 4.98 Å². The van der Waals surface area contributed by atoms with Crippen LogP contribution in [0.5, 0.6) is 5.75 Å². The number of rotatable bonds is 9. The monoisotopic (exact) mass is 473 g/mol. The van der Waals surface area contributed by atoms with E-state index in [1.165, 1.54) is 6.92 Å². The van der Waals surface area contributed by atoms with Crippen LogP contribution in [-0.2, 0) is 33.9 Å². The largest absolute Gasteiger partial charge is 0.489 e. The molecule has 8 nitrogen and oxygen atoms in total. The van der Waals surface area contributed by atoms with Crippen molar-refractivity contribution in [3.8, 4) is 16.9 Å². The molecule has 35 heavy (non-hydrogen) atoms. The van der Waals surface area contributed by atoms with Gasteiger partial charge in [0.25, 0.3) is 0 Å². The average molecular weight is 474 g/mol. The molecule has 2 aromatic carbocycles. The molecule has 0 radical (unpaired) electrons. The van der Waals surface area contributed by atoms with Crippen LogP contribution >= 0.6 is 0 Å². The summed E-state index contributed by atoms with van der Waals surface area (Å²) < 4.78 is 17.0. The first kappa shape index (κ1) is 24.0. The molecule has 3 N–H and O–H groups in total. The van der Waals surface area contributed by atoms with Crippen molar-refractivity contribution < 1.29 is 23.5 Å². The maximum absolute atomic E-state index is 12.1. The van der Waals surface area contributed by atoms with Gasteiger partial charge in [-0.2, -0.15) is 0 Å². The number of carbonyl (C=O) groups excluding carboxylic acids is 2. The standard InChI is InChI=1S/C27H27N3O5/c1-3-33-26(32)13-20-4-5-22(30-17(2)31)14-25(20)35-16-18-10-21-7-9-34-27(21)24(11-18)19-6-8-29-23(12-19)15-28/h4-12,14H,3,13,15-16,28H2,1-2H3,(H,30,31). The van der Waals surface area contributed by atoms with Crippen LogP contribution in [0.25, 0.3) is 22.1 Å². The van der Waals surface area contributed by atoms with E-state index in [4.69, 9.17) is 19.6 Å². The van der Waals surface area contributed by atoms with Crippen LogP contribution < -0.4 is 15.8 Å². The van der Waals surface area contributed by atoms with Crippen LogP contribution in [-0.4, -0.2) is 23.5 Å². The SMILES string of the molecule is CCOC(=O)Cc1ccc(NC(C)=O)cc1OCc1cc(-c2ccnc(CN)c2)c2occc2c1. The number of hydrogen-bond acceptors (Lipinski definition) is 7. The molecule has 8 heteroatoms. The fourth-order valence-electron chi connectivity index (χ4n) is 3.84. The molecule has 0 unspecified atom stereocenters. The van der Waals surface area contributed by atoms with Crippen LogP contribution in [0.15, 0.2) is 65.4 Å². The molecular formula is C27H27N3O5. The Bertz CT molecular complexity index is 1360. The predicted octanol–water partition coefficient (Wildman–Crippen LogP) is 4.60. The highest BCUT2D eigenvalue weighted by atomic mass is 16.5. The van der Waals surface area contributed by atoms with Gasteiger partial charge in [0.2, 0.25) is 5.91 Å². The fourth-order valence-corrected chi connectivity index (χ4v) is 3.84. The Morgan fingerprint density at radius 2 is 1.97 bits per heavy atom. The molecule has 2 heterocycles. The maximum atomic E-state index is 12.1. The minimum atomic E-state index is -0.347. The van der Waals surface area contributed by atoms with Crippen LogP contribution in [0, 0.1) is 0 Å². The topological polar surface area (TPSA) is 117 Å². The van der Waals surface area contributed by atoms with Gasteiger partial charge >= 0.3 is 5.97 Å². The lowest BCUT2D eigenvalue weighted by atomic mass is 10.0. The Morgan fingerprint density at radius 3 is 2.74 bits per heavy atom. The van der Waals surface area contributed by atoms with Crippen molar-refractivity contribution in [2.45, 2.75) is 33.4 Å². The van der Waals surface area contributed by atoms with Gasteiger partial charge < -0.3 is 24.9 Å². The van der Waals surface area contributed by atoms with E-state index in [1.807, 2.05) is 30.3 Å². The Labute approximate surface area is 203 Å². The molecule has 0 aliphatic heterocycles. The highest BCUT2D eigenvalue weighted by Gasteiger charge is 2.14. The zero-order valence-corrected chi connectivity index (χ0v) is 19.7. The summed E-state index contributed by atoms with van der Waals surface area (Å²) in [5, 5.41) is 3.68. The molecule has 4 aromatic rings. The number of nitrogens with zero attached hydrogens (tertiary/aromatic N) is 1. The lowest BCUT2D eigenvalue weighted by Gasteiger charge is -2.14. The number of anilines is 1. The molecule has 4 rings (SSSR count). The van der Waals surface area contributed by atoms with Gasteiger partial charge in [0.1, 0.15) is 17.9 Å². The third-order valence-electron chi connectivity index (χ3n) is 5.37. The number of ether oxygens (including phenoxy) is 2. The van der Waals surface area contributed by atoms with Gasteiger partial charge in [0.15, 0.2) is 0 Å². The van der Waals surface area contributed by atoms with Crippen molar-refractivity contribution >= 4 is 28.5 Å². The third-order valence-corrected chi connectivity index (χ3v) is 5.37. The quantitative estimate of drug-likeness (QED) is 0.341. The second kappa shape index (κ2) is 10.8. The highest BCUT2D eigenvalue weighted by molar-refractivity contribution is 5.93. The van der Waals surface area contributed by atoms with E-state index in [-0.39, 0.29) is 24.9 Å². The number of nitrogens with two attached hydrogens (primary N) is 1. The number of amides is 1. The Balaban J connectivity index is 1.65. The van der Waals surface area contributed by atoms with Gasteiger partial charge in [-0.25, -0.2) is 0 Å². The molecule has 0 bridgehead atoms. The van der Waals surface area contributed by atoms with Crippen molar-refractivity contribution in [2.75, 3.05) is 11.9 Å². The molecular weight excluding hydrogens is 446 g/mol. The predicted molar refractivity (Wildman–Crippen MR) is 133 cm³/mol. The van der Waals surface area contributed by atoms with E-state index in [2.05, 4.69) is 10.3 Å². The van der Waals surface area contributed by atoms with Crippen molar-refractivity contribution in [3.05, 3.63) is 77.8 Å². The van der Waals surface area contributed by atoms with Crippen molar-refractivity contribution in [1.29, 1.82) is 0 Å². The van der Waals surface area contributed by atoms with Gasteiger partial charge in [-0.3, -0.25) is 14.6 Å². The zero-order valence-electron chi connectivity index (χ0n) is 19.7. The molecule has 1 amide bonds. The van der Waals surface area contributed by atoms with Crippen molar-refractivity contribution in [3.63, 3.8) is 0 Å². The van der Waals surface area contributed by atoms with Gasteiger partial charge in [-0.15, -0.1) is 0 Å². The molecule has 0 saturated heterocycles. The smallest absolute Gasteiger partial charge is 0.310 e. The second-order valence-electron chi connectivity index (χ2n) is 8.00. The van der Waals surface area contributed by atoms with Crippen LogP contribution in [0.2, 0.25) is 0 Å². The molecule has 0 atom stereocenters. The Morgan fingerprint density at radius 1 is 1.11 bits per heavy atom. The van der Waals surface area contributed by atoms with Gasteiger partial charge in [-0.05, 0) is 54.4 Å². The number of esters is 1. The average Bonchev–Trinajstić information content (AvgIpc) is 3.32. The van der Waals surface area contributed by atoms with Gasteiger partial charge in [0, 0.05) is 47.9 Å². The molecule has 0 fully saturated rings. The number of benzene rings is 2. The summed E-state index contributed by atoms with van der Waals surface area (Å²) in [6, 6.07) is 15.0. The molecule has 0 aliphatic rings. The van der Waals surface area contributed by atoms with E-state index in [0.717, 1.165) is 33.4 Å². The lowest BCUT2D eigenvalue weighted by molar-refractivity contribution is -0.142. The molecule has 0 saturated carbocycles. The first-order valence-corrected chi connectivity index (χ1v) is 11.3. The second-order valence-corrected chi connectivity index (χ2v) is 8.00. The van der Waals surface area contributed by atoms with Gasteiger partial charge in [0.05, 0.1) is 25.0 Å². The van der Waals surface area contributed by atoms with Crippen LogP contribution in [0.3, 0.4) is 0 Å². The highest BCUT2D eigenvalue weighted by Crippen LogP contribution is 2.32. The van der Waals surface area contributed by atoms with Crippen molar-refractivity contribution in [2.24, 2.45) is 5.73 Å². The number of aromatic nitrogens is 1. The molecule has 2 aromatic heterocycles. The number of nitrogens with one attached hydrogen (secondary N) is 1. The summed E-state index contributed by atoms with van der Waals surface area (Å²) in [6.45, 7) is 4.07.